The molecule has 16 heavy (non-hydrogen) atoms. The van der Waals surface area contributed by atoms with Gasteiger partial charge in [-0.15, -0.1) is 0 Å². The number of unbranched alkanes of at least 4 members (excludes halogenated alkanes) is 1. The molecule has 3 heteroatoms. The molecular formula is C13H27N3. The summed E-state index contributed by atoms with van der Waals surface area (Å²) in [7, 11) is 4.31. The first kappa shape index (κ1) is 12.3. The van der Waals surface area contributed by atoms with Crippen molar-refractivity contribution < 1.29 is 0 Å². The highest BCUT2D eigenvalue weighted by Gasteiger charge is 2.33. The van der Waals surface area contributed by atoms with Crippen molar-refractivity contribution in [2.45, 2.75) is 31.7 Å². The lowest BCUT2D eigenvalue weighted by Crippen LogP contribution is -2.56. The van der Waals surface area contributed by atoms with Gasteiger partial charge in [-0.2, -0.15) is 0 Å². The molecule has 2 bridgehead atoms. The molecule has 3 saturated heterocycles. The average Bonchev–Trinajstić information content (AvgIpc) is 2.30. The summed E-state index contributed by atoms with van der Waals surface area (Å²) >= 11 is 0. The first-order valence-corrected chi connectivity index (χ1v) is 6.86. The fourth-order valence-corrected chi connectivity index (χ4v) is 3.04. The van der Waals surface area contributed by atoms with E-state index >= 15 is 0 Å². The monoisotopic (exact) mass is 225 g/mol. The van der Waals surface area contributed by atoms with Crippen LogP contribution in [0.4, 0.5) is 0 Å². The van der Waals surface area contributed by atoms with Crippen LogP contribution in [0.2, 0.25) is 0 Å². The van der Waals surface area contributed by atoms with Gasteiger partial charge in [0, 0.05) is 12.6 Å². The number of nitrogens with one attached hydrogen (secondary N) is 1. The fraction of sp³-hybridized carbons (Fsp3) is 1.00. The third-order valence-electron chi connectivity index (χ3n) is 4.09. The van der Waals surface area contributed by atoms with Crippen molar-refractivity contribution >= 4 is 0 Å². The third kappa shape index (κ3) is 3.44. The van der Waals surface area contributed by atoms with Crippen LogP contribution >= 0.6 is 0 Å². The first-order chi connectivity index (χ1) is 7.75. The van der Waals surface area contributed by atoms with Crippen molar-refractivity contribution in [3.63, 3.8) is 0 Å². The second kappa shape index (κ2) is 5.99. The summed E-state index contributed by atoms with van der Waals surface area (Å²) in [4.78, 5) is 4.89. The molecule has 3 rings (SSSR count). The van der Waals surface area contributed by atoms with Gasteiger partial charge in [0.2, 0.25) is 0 Å². The molecule has 3 heterocycles. The van der Waals surface area contributed by atoms with Crippen molar-refractivity contribution in [1.29, 1.82) is 0 Å². The molecule has 0 aromatic heterocycles. The van der Waals surface area contributed by atoms with E-state index in [1.165, 1.54) is 58.4 Å². The Morgan fingerprint density at radius 1 is 1.19 bits per heavy atom. The molecule has 0 aromatic rings. The highest BCUT2D eigenvalue weighted by molar-refractivity contribution is 4.90. The number of fused-ring (bicyclic) bond motifs is 3. The zero-order valence-corrected chi connectivity index (χ0v) is 10.9. The second-order valence-electron chi connectivity index (χ2n) is 5.71. The van der Waals surface area contributed by atoms with Gasteiger partial charge in [-0.3, -0.25) is 0 Å². The summed E-state index contributed by atoms with van der Waals surface area (Å²) in [5, 5.41) is 3.77. The van der Waals surface area contributed by atoms with E-state index in [-0.39, 0.29) is 0 Å². The Morgan fingerprint density at radius 3 is 2.50 bits per heavy atom. The molecule has 1 atom stereocenters. The Morgan fingerprint density at radius 2 is 1.94 bits per heavy atom. The molecule has 0 aliphatic carbocycles. The number of rotatable bonds is 6. The highest BCUT2D eigenvalue weighted by Crippen LogP contribution is 2.27. The van der Waals surface area contributed by atoms with Gasteiger partial charge >= 0.3 is 0 Å². The van der Waals surface area contributed by atoms with E-state index in [0.717, 1.165) is 12.0 Å². The SMILES string of the molecule is CN(C)CCCCNC1CN2CCC1CC2. The van der Waals surface area contributed by atoms with Gasteiger partial charge < -0.3 is 15.1 Å². The molecule has 3 aliphatic rings. The van der Waals surface area contributed by atoms with Crippen LogP contribution in [0.25, 0.3) is 0 Å². The van der Waals surface area contributed by atoms with Gasteiger partial charge in [0.25, 0.3) is 0 Å². The van der Waals surface area contributed by atoms with Gasteiger partial charge in [-0.1, -0.05) is 0 Å². The van der Waals surface area contributed by atoms with Crippen LogP contribution in [0.5, 0.6) is 0 Å². The minimum absolute atomic E-state index is 0.793. The lowest BCUT2D eigenvalue weighted by atomic mass is 9.84. The molecule has 0 amide bonds. The second-order valence-corrected chi connectivity index (χ2v) is 5.71. The van der Waals surface area contributed by atoms with Crippen molar-refractivity contribution in [3.8, 4) is 0 Å². The lowest BCUT2D eigenvalue weighted by molar-refractivity contribution is 0.0727. The number of piperidine rings is 3. The maximum Gasteiger partial charge on any atom is 0.0224 e. The average molecular weight is 225 g/mol. The topological polar surface area (TPSA) is 18.5 Å². The third-order valence-corrected chi connectivity index (χ3v) is 4.09. The van der Waals surface area contributed by atoms with Crippen LogP contribution in [0.3, 0.4) is 0 Å². The zero-order chi connectivity index (χ0) is 11.4. The lowest BCUT2D eigenvalue weighted by Gasteiger charge is -2.45. The Labute approximate surface area is 100 Å². The van der Waals surface area contributed by atoms with Gasteiger partial charge in [-0.05, 0) is 71.9 Å². The fourth-order valence-electron chi connectivity index (χ4n) is 3.04. The molecule has 1 unspecified atom stereocenters. The molecule has 3 nitrogen and oxygen atoms in total. The van der Waals surface area contributed by atoms with Crippen LogP contribution in [0, 0.1) is 5.92 Å². The largest absolute Gasteiger partial charge is 0.312 e. The number of hydrogen-bond acceptors (Lipinski definition) is 3. The molecule has 0 aromatic carbocycles. The van der Waals surface area contributed by atoms with Crippen molar-refractivity contribution in [2.24, 2.45) is 5.92 Å². The Bertz CT molecular complexity index is 197. The maximum atomic E-state index is 3.77. The highest BCUT2D eigenvalue weighted by atomic mass is 15.2. The maximum absolute atomic E-state index is 3.77. The van der Waals surface area contributed by atoms with E-state index in [4.69, 9.17) is 0 Å². The van der Waals surface area contributed by atoms with Crippen molar-refractivity contribution in [2.75, 3.05) is 46.8 Å². The minimum atomic E-state index is 0.793. The molecule has 3 aliphatic heterocycles. The summed E-state index contributed by atoms with van der Waals surface area (Å²) in [6.07, 6.45) is 5.49. The summed E-state index contributed by atoms with van der Waals surface area (Å²) < 4.78 is 0. The number of hydrogen-bond donors (Lipinski definition) is 1. The molecule has 0 saturated carbocycles. The summed E-state index contributed by atoms with van der Waals surface area (Å²) in [5.41, 5.74) is 0. The predicted octanol–water partition coefficient (Wildman–Crippen LogP) is 1.01. The van der Waals surface area contributed by atoms with Gasteiger partial charge in [0.05, 0.1) is 0 Å². The van der Waals surface area contributed by atoms with E-state index in [1.807, 2.05) is 0 Å². The zero-order valence-electron chi connectivity index (χ0n) is 10.9. The van der Waals surface area contributed by atoms with Gasteiger partial charge in [0.1, 0.15) is 0 Å². The number of nitrogens with zero attached hydrogens (tertiary/aromatic N) is 2. The van der Waals surface area contributed by atoms with E-state index < -0.39 is 0 Å². The summed E-state index contributed by atoms with van der Waals surface area (Å²) in [6, 6.07) is 0.793. The Hall–Kier alpha value is -0.120. The van der Waals surface area contributed by atoms with Crippen LogP contribution < -0.4 is 5.32 Å². The molecule has 3 fully saturated rings. The van der Waals surface area contributed by atoms with E-state index in [2.05, 4.69) is 29.2 Å². The van der Waals surface area contributed by atoms with Crippen LogP contribution in [0.1, 0.15) is 25.7 Å². The van der Waals surface area contributed by atoms with Gasteiger partial charge in [0.15, 0.2) is 0 Å². The van der Waals surface area contributed by atoms with Crippen LogP contribution in [0.15, 0.2) is 0 Å². The quantitative estimate of drug-likeness (QED) is 0.681. The normalized spacial score (nSPS) is 33.6. The summed E-state index contributed by atoms with van der Waals surface area (Å²) in [6.45, 7) is 6.44. The molecule has 0 radical (unpaired) electrons. The van der Waals surface area contributed by atoms with Crippen LogP contribution in [-0.2, 0) is 0 Å². The Kier molecular flexibility index (Phi) is 4.62. The molecule has 94 valence electrons. The standard InChI is InChI=1S/C13H27N3/c1-15(2)8-4-3-7-14-13-11-16-9-5-12(13)6-10-16/h12-14H,3-11H2,1-2H3. The first-order valence-electron chi connectivity index (χ1n) is 6.86. The Balaban J connectivity index is 1.56. The van der Waals surface area contributed by atoms with E-state index in [9.17, 15) is 0 Å². The smallest absolute Gasteiger partial charge is 0.0224 e. The predicted molar refractivity (Wildman–Crippen MR) is 68.7 cm³/mol. The molecule has 1 N–H and O–H groups in total. The van der Waals surface area contributed by atoms with Gasteiger partial charge in [-0.25, -0.2) is 0 Å². The molecular weight excluding hydrogens is 198 g/mol. The van der Waals surface area contributed by atoms with Crippen molar-refractivity contribution in [3.05, 3.63) is 0 Å². The summed E-state index contributed by atoms with van der Waals surface area (Å²) in [5.74, 6) is 0.971. The van der Waals surface area contributed by atoms with Crippen molar-refractivity contribution in [1.82, 2.24) is 15.1 Å². The minimum Gasteiger partial charge on any atom is -0.312 e. The van der Waals surface area contributed by atoms with E-state index in [0.29, 0.717) is 0 Å². The van der Waals surface area contributed by atoms with Crippen LogP contribution in [-0.4, -0.2) is 62.7 Å². The van der Waals surface area contributed by atoms with E-state index in [1.54, 1.807) is 0 Å². The molecule has 0 spiro atoms.